The van der Waals surface area contributed by atoms with Crippen molar-refractivity contribution in [3.8, 4) is 16.9 Å². The van der Waals surface area contributed by atoms with Crippen molar-refractivity contribution in [3.05, 3.63) is 90.0 Å². The first-order valence-corrected chi connectivity index (χ1v) is 10.0. The third-order valence-corrected chi connectivity index (χ3v) is 5.01. The molecular weight excluding hydrogens is 360 g/mol. The van der Waals surface area contributed by atoms with Crippen LogP contribution in [0.3, 0.4) is 0 Å². The fourth-order valence-corrected chi connectivity index (χ4v) is 3.36. The van der Waals surface area contributed by atoms with E-state index in [2.05, 4.69) is 43.7 Å². The smallest absolute Gasteiger partial charge is 0.251 e. The Balaban J connectivity index is 1.64. The Morgan fingerprint density at radius 1 is 0.897 bits per heavy atom. The van der Waals surface area contributed by atoms with Crippen LogP contribution in [0.15, 0.2) is 78.9 Å². The molecule has 2 N–H and O–H groups in total. The third kappa shape index (κ3) is 5.46. The molecule has 0 radical (unpaired) electrons. The fourth-order valence-electron chi connectivity index (χ4n) is 3.36. The maximum absolute atomic E-state index is 12.6. The van der Waals surface area contributed by atoms with Crippen LogP contribution in [0.1, 0.15) is 28.9 Å². The van der Waals surface area contributed by atoms with Crippen LogP contribution in [0, 0.1) is 0 Å². The fraction of sp³-hybridized carbons (Fsp3) is 0.240. The highest BCUT2D eigenvalue weighted by molar-refractivity contribution is 5.94. The van der Waals surface area contributed by atoms with Gasteiger partial charge in [0.15, 0.2) is 0 Å². The molecule has 29 heavy (non-hydrogen) atoms. The van der Waals surface area contributed by atoms with Crippen LogP contribution in [0.4, 0.5) is 0 Å². The van der Waals surface area contributed by atoms with Gasteiger partial charge in [-0.3, -0.25) is 4.79 Å². The van der Waals surface area contributed by atoms with Crippen LogP contribution in [-0.4, -0.2) is 33.2 Å². The number of ether oxygens (including phenoxy) is 1. The van der Waals surface area contributed by atoms with Gasteiger partial charge in [-0.25, -0.2) is 0 Å². The van der Waals surface area contributed by atoms with E-state index in [1.165, 1.54) is 10.5 Å². The van der Waals surface area contributed by atoms with Crippen LogP contribution in [-0.2, 0) is 0 Å². The Bertz CT molecular complexity index is 904. The molecular formula is C25H29N2O2+. The number of quaternary nitrogens is 1. The first kappa shape index (κ1) is 20.6. The van der Waals surface area contributed by atoms with Crippen molar-refractivity contribution in [3.63, 3.8) is 0 Å². The molecule has 0 heterocycles. The Morgan fingerprint density at radius 2 is 1.52 bits per heavy atom. The molecule has 0 aliphatic heterocycles. The highest BCUT2D eigenvalue weighted by Crippen LogP contribution is 2.19. The van der Waals surface area contributed by atoms with Gasteiger partial charge >= 0.3 is 0 Å². The van der Waals surface area contributed by atoms with E-state index >= 15 is 0 Å². The minimum Gasteiger partial charge on any atom is -0.494 e. The summed E-state index contributed by atoms with van der Waals surface area (Å²) < 4.78 is 5.52. The molecule has 0 fully saturated rings. The topological polar surface area (TPSA) is 42.8 Å². The summed E-state index contributed by atoms with van der Waals surface area (Å²) in [6.07, 6.45) is 0. The summed E-state index contributed by atoms with van der Waals surface area (Å²) in [5, 5.41) is 3.09. The van der Waals surface area contributed by atoms with E-state index in [1.54, 1.807) is 0 Å². The van der Waals surface area contributed by atoms with Crippen LogP contribution in [0.25, 0.3) is 11.1 Å². The molecule has 0 unspecified atom stereocenters. The Morgan fingerprint density at radius 3 is 2.10 bits per heavy atom. The van der Waals surface area contributed by atoms with Crippen LogP contribution in [0.5, 0.6) is 5.75 Å². The van der Waals surface area contributed by atoms with Crippen molar-refractivity contribution in [2.75, 3.05) is 27.2 Å². The summed E-state index contributed by atoms with van der Waals surface area (Å²) in [4.78, 5) is 13.9. The molecule has 4 heteroatoms. The lowest BCUT2D eigenvalue weighted by Gasteiger charge is -2.22. The number of amides is 1. The van der Waals surface area contributed by atoms with Crippen molar-refractivity contribution >= 4 is 5.91 Å². The SMILES string of the molecule is CCOc1ccc([C@@H](CNC(=O)c2ccc(-c3ccccc3)cc2)[NH+](C)C)cc1. The van der Waals surface area contributed by atoms with Crippen molar-refractivity contribution in [1.82, 2.24) is 5.32 Å². The Kier molecular flexibility index (Phi) is 7.04. The lowest BCUT2D eigenvalue weighted by molar-refractivity contribution is -0.890. The van der Waals surface area contributed by atoms with Gasteiger partial charge in [0.25, 0.3) is 5.91 Å². The number of carbonyl (C=O) groups excluding carboxylic acids is 1. The lowest BCUT2D eigenvalue weighted by atomic mass is 10.0. The molecule has 0 aliphatic carbocycles. The van der Waals surface area contributed by atoms with Crippen LogP contribution >= 0.6 is 0 Å². The highest BCUT2D eigenvalue weighted by Gasteiger charge is 2.19. The van der Waals surface area contributed by atoms with Gasteiger partial charge in [-0.2, -0.15) is 0 Å². The van der Waals surface area contributed by atoms with Gasteiger partial charge in [0.2, 0.25) is 0 Å². The molecule has 0 aliphatic rings. The molecule has 3 rings (SSSR count). The Labute approximate surface area is 173 Å². The normalized spacial score (nSPS) is 11.9. The van der Waals surface area contributed by atoms with E-state index < -0.39 is 0 Å². The molecule has 0 aromatic heterocycles. The second-order valence-electron chi connectivity index (χ2n) is 7.29. The average Bonchev–Trinajstić information content (AvgIpc) is 2.75. The van der Waals surface area contributed by atoms with Crippen molar-refractivity contribution in [2.45, 2.75) is 13.0 Å². The summed E-state index contributed by atoms with van der Waals surface area (Å²) in [5.74, 6) is 0.813. The minimum absolute atomic E-state index is 0.0539. The number of hydrogen-bond donors (Lipinski definition) is 2. The predicted molar refractivity (Wildman–Crippen MR) is 117 cm³/mol. The van der Waals surface area contributed by atoms with Gasteiger partial charge in [0, 0.05) is 11.1 Å². The van der Waals surface area contributed by atoms with Crippen LogP contribution < -0.4 is 15.0 Å². The summed E-state index contributed by atoms with van der Waals surface area (Å²) in [6.45, 7) is 3.19. The monoisotopic (exact) mass is 389 g/mol. The second-order valence-corrected chi connectivity index (χ2v) is 7.29. The lowest BCUT2D eigenvalue weighted by Crippen LogP contribution is -3.07. The molecule has 0 saturated carbocycles. The van der Waals surface area contributed by atoms with Crippen molar-refractivity contribution in [1.29, 1.82) is 0 Å². The molecule has 1 amide bonds. The van der Waals surface area contributed by atoms with Gasteiger partial charge in [-0.15, -0.1) is 0 Å². The number of hydrogen-bond acceptors (Lipinski definition) is 2. The van der Waals surface area contributed by atoms with Crippen molar-refractivity contribution in [2.24, 2.45) is 0 Å². The molecule has 3 aromatic carbocycles. The summed E-state index contributed by atoms with van der Waals surface area (Å²) in [7, 11) is 4.20. The van der Waals surface area contributed by atoms with E-state index in [0.717, 1.165) is 16.9 Å². The van der Waals surface area contributed by atoms with Gasteiger partial charge < -0.3 is 15.0 Å². The summed E-state index contributed by atoms with van der Waals surface area (Å²) in [6, 6.07) is 26.2. The van der Waals surface area contributed by atoms with E-state index in [0.29, 0.717) is 18.7 Å². The van der Waals surface area contributed by atoms with E-state index in [4.69, 9.17) is 4.74 Å². The summed E-state index contributed by atoms with van der Waals surface area (Å²) in [5.41, 5.74) is 4.09. The molecule has 4 nitrogen and oxygen atoms in total. The molecule has 0 saturated heterocycles. The quantitative estimate of drug-likeness (QED) is 0.620. The summed E-state index contributed by atoms with van der Waals surface area (Å²) >= 11 is 0. The van der Waals surface area contributed by atoms with E-state index in [9.17, 15) is 4.79 Å². The number of rotatable bonds is 8. The van der Waals surface area contributed by atoms with Crippen molar-refractivity contribution < 1.29 is 14.4 Å². The second kappa shape index (κ2) is 9.89. The highest BCUT2D eigenvalue weighted by atomic mass is 16.5. The van der Waals surface area contributed by atoms with E-state index in [-0.39, 0.29) is 11.9 Å². The van der Waals surface area contributed by atoms with Crippen LogP contribution in [0.2, 0.25) is 0 Å². The first-order chi connectivity index (χ1) is 14.1. The number of carbonyl (C=O) groups is 1. The molecule has 0 spiro atoms. The zero-order chi connectivity index (χ0) is 20.6. The zero-order valence-electron chi connectivity index (χ0n) is 17.3. The molecule has 3 aromatic rings. The molecule has 150 valence electrons. The number of nitrogens with one attached hydrogen (secondary N) is 2. The third-order valence-electron chi connectivity index (χ3n) is 5.01. The minimum atomic E-state index is -0.0539. The Hall–Kier alpha value is -3.11. The first-order valence-electron chi connectivity index (χ1n) is 10.0. The van der Waals surface area contributed by atoms with Gasteiger partial charge in [-0.05, 0) is 54.4 Å². The van der Waals surface area contributed by atoms with Gasteiger partial charge in [-0.1, -0.05) is 42.5 Å². The number of likely N-dealkylation sites (N-methyl/N-ethyl adjacent to an activating group) is 1. The standard InChI is InChI=1S/C25H28N2O2/c1-4-29-23-16-14-21(15-17-23)24(27(2)3)18-26-25(28)22-12-10-20(11-13-22)19-8-6-5-7-9-19/h5-17,24H,4,18H2,1-3H3,(H,26,28)/p+1/t24-/m1/s1. The molecule has 0 bridgehead atoms. The van der Waals surface area contributed by atoms with Gasteiger partial charge in [0.05, 0.1) is 27.2 Å². The zero-order valence-corrected chi connectivity index (χ0v) is 17.3. The average molecular weight is 390 g/mol. The maximum Gasteiger partial charge on any atom is 0.251 e. The molecule has 1 atom stereocenters. The predicted octanol–water partition coefficient (Wildman–Crippen LogP) is 3.37. The largest absolute Gasteiger partial charge is 0.494 e. The maximum atomic E-state index is 12.6. The van der Waals surface area contributed by atoms with Gasteiger partial charge in [0.1, 0.15) is 11.8 Å². The number of benzene rings is 3. The van der Waals surface area contributed by atoms with E-state index in [1.807, 2.05) is 61.5 Å².